The van der Waals surface area contributed by atoms with E-state index in [-0.39, 0.29) is 5.69 Å². The molecule has 0 aliphatic carbocycles. The fourth-order valence-electron chi connectivity index (χ4n) is 1.43. The molecule has 0 atom stereocenters. The number of methoxy groups -OCH3 is 2. The molecule has 0 bridgehead atoms. The summed E-state index contributed by atoms with van der Waals surface area (Å²) in [6.07, 6.45) is 0. The van der Waals surface area contributed by atoms with Gasteiger partial charge in [-0.3, -0.25) is 0 Å². The van der Waals surface area contributed by atoms with E-state index in [2.05, 4.69) is 9.11 Å². The Kier molecular flexibility index (Phi) is 3.57. The summed E-state index contributed by atoms with van der Waals surface area (Å²) in [5.41, 5.74) is 0.552. The van der Waals surface area contributed by atoms with Crippen LogP contribution in [-0.2, 0) is 4.74 Å². The summed E-state index contributed by atoms with van der Waals surface area (Å²) in [5, 5.41) is 0. The molecular formula is C12H10FNO3S. The molecule has 2 rings (SSSR count). The molecule has 18 heavy (non-hydrogen) atoms. The van der Waals surface area contributed by atoms with Crippen molar-refractivity contribution in [1.29, 1.82) is 0 Å². The molecule has 0 radical (unpaired) electrons. The van der Waals surface area contributed by atoms with Gasteiger partial charge in [-0.15, -0.1) is 0 Å². The molecule has 0 N–H and O–H groups in total. The van der Waals surface area contributed by atoms with Gasteiger partial charge in [0.25, 0.3) is 0 Å². The van der Waals surface area contributed by atoms with E-state index in [1.54, 1.807) is 12.1 Å². The molecule has 2 aromatic rings. The van der Waals surface area contributed by atoms with Gasteiger partial charge in [0.15, 0.2) is 5.69 Å². The lowest BCUT2D eigenvalue weighted by Crippen LogP contribution is -2.00. The van der Waals surface area contributed by atoms with Crippen molar-refractivity contribution in [2.75, 3.05) is 14.2 Å². The van der Waals surface area contributed by atoms with Crippen LogP contribution in [-0.4, -0.2) is 24.6 Å². The number of carbonyl (C=O) groups is 1. The smallest absolute Gasteiger partial charge is 0.357 e. The second-order valence-corrected chi connectivity index (χ2v) is 4.22. The molecule has 0 saturated carbocycles. The average Bonchev–Trinajstić information content (AvgIpc) is 2.87. The molecule has 4 nitrogen and oxygen atoms in total. The molecule has 0 aliphatic heterocycles. The summed E-state index contributed by atoms with van der Waals surface area (Å²) < 4.78 is 27.2. The van der Waals surface area contributed by atoms with E-state index in [0.29, 0.717) is 16.2 Å². The van der Waals surface area contributed by atoms with Crippen LogP contribution >= 0.6 is 11.5 Å². The Morgan fingerprint density at radius 2 is 2.11 bits per heavy atom. The normalized spacial score (nSPS) is 10.2. The number of carbonyl (C=O) groups excluding carboxylic acids is 1. The Bertz CT molecular complexity index is 582. The van der Waals surface area contributed by atoms with Gasteiger partial charge in [0, 0.05) is 11.6 Å². The molecule has 94 valence electrons. The number of hydrogen-bond donors (Lipinski definition) is 0. The zero-order valence-electron chi connectivity index (χ0n) is 9.77. The molecule has 1 heterocycles. The Labute approximate surface area is 107 Å². The van der Waals surface area contributed by atoms with E-state index in [4.69, 9.17) is 4.74 Å². The number of aromatic nitrogens is 1. The topological polar surface area (TPSA) is 48.4 Å². The maximum atomic E-state index is 13.8. The second-order valence-electron chi connectivity index (χ2n) is 3.41. The first kappa shape index (κ1) is 12.5. The summed E-state index contributed by atoms with van der Waals surface area (Å²) in [7, 11) is 2.74. The Balaban J connectivity index is 2.37. The number of benzene rings is 1. The number of rotatable bonds is 3. The molecule has 0 amide bonds. The molecule has 0 spiro atoms. The second kappa shape index (κ2) is 5.14. The summed E-state index contributed by atoms with van der Waals surface area (Å²) >= 11 is 1.04. The molecule has 0 aliphatic rings. The van der Waals surface area contributed by atoms with Crippen molar-refractivity contribution in [3.05, 3.63) is 35.8 Å². The lowest BCUT2D eigenvalue weighted by Gasteiger charge is -2.02. The highest BCUT2D eigenvalue weighted by Crippen LogP contribution is 2.29. The highest BCUT2D eigenvalue weighted by Gasteiger charge is 2.14. The van der Waals surface area contributed by atoms with Crippen LogP contribution in [0.5, 0.6) is 5.75 Å². The fraction of sp³-hybridized carbons (Fsp3) is 0.167. The van der Waals surface area contributed by atoms with Gasteiger partial charge in [-0.05, 0) is 29.7 Å². The predicted octanol–water partition coefficient (Wildman–Crippen LogP) is 2.74. The maximum Gasteiger partial charge on any atom is 0.357 e. The lowest BCUT2D eigenvalue weighted by atomic mass is 10.1. The first-order valence-corrected chi connectivity index (χ1v) is 5.82. The van der Waals surface area contributed by atoms with E-state index in [1.165, 1.54) is 26.4 Å². The Morgan fingerprint density at radius 3 is 2.72 bits per heavy atom. The standard InChI is InChI=1S/C12H10FNO3S/c1-16-7-3-4-8(9(13)5-7)11-6-10(14-18-11)12(15)17-2/h3-6H,1-2H3. The van der Waals surface area contributed by atoms with Gasteiger partial charge in [0.1, 0.15) is 11.6 Å². The van der Waals surface area contributed by atoms with Crippen molar-refractivity contribution < 1.29 is 18.7 Å². The molecule has 0 fully saturated rings. The van der Waals surface area contributed by atoms with Crippen molar-refractivity contribution in [1.82, 2.24) is 4.37 Å². The van der Waals surface area contributed by atoms with Crippen molar-refractivity contribution in [3.8, 4) is 16.2 Å². The quantitative estimate of drug-likeness (QED) is 0.802. The summed E-state index contributed by atoms with van der Waals surface area (Å²) in [5.74, 6) is -0.519. The van der Waals surface area contributed by atoms with Crippen LogP contribution < -0.4 is 4.74 Å². The van der Waals surface area contributed by atoms with Crippen LogP contribution in [0, 0.1) is 5.82 Å². The van der Waals surface area contributed by atoms with Crippen molar-refractivity contribution in [2.45, 2.75) is 0 Å². The van der Waals surface area contributed by atoms with Crippen molar-refractivity contribution >= 4 is 17.5 Å². The number of halogens is 1. The molecule has 6 heteroatoms. The first-order valence-electron chi connectivity index (χ1n) is 5.04. The zero-order valence-corrected chi connectivity index (χ0v) is 10.6. The predicted molar refractivity (Wildman–Crippen MR) is 65.4 cm³/mol. The van der Waals surface area contributed by atoms with Crippen LogP contribution in [0.2, 0.25) is 0 Å². The van der Waals surface area contributed by atoms with Gasteiger partial charge in [0.2, 0.25) is 0 Å². The Hall–Kier alpha value is -1.95. The minimum absolute atomic E-state index is 0.174. The number of ether oxygens (including phenoxy) is 2. The van der Waals surface area contributed by atoms with Gasteiger partial charge < -0.3 is 9.47 Å². The van der Waals surface area contributed by atoms with Crippen molar-refractivity contribution in [3.63, 3.8) is 0 Å². The third-order valence-corrected chi connectivity index (χ3v) is 3.17. The van der Waals surface area contributed by atoms with E-state index in [1.807, 2.05) is 0 Å². The van der Waals surface area contributed by atoms with Crippen LogP contribution in [0.15, 0.2) is 24.3 Å². The third kappa shape index (κ3) is 2.33. The highest BCUT2D eigenvalue weighted by atomic mass is 32.1. The van der Waals surface area contributed by atoms with Crippen LogP contribution in [0.3, 0.4) is 0 Å². The molecule has 0 unspecified atom stereocenters. The van der Waals surface area contributed by atoms with Crippen LogP contribution in [0.4, 0.5) is 4.39 Å². The molecular weight excluding hydrogens is 257 g/mol. The number of hydrogen-bond acceptors (Lipinski definition) is 5. The van der Waals surface area contributed by atoms with E-state index < -0.39 is 11.8 Å². The minimum Gasteiger partial charge on any atom is -0.497 e. The van der Waals surface area contributed by atoms with Crippen LogP contribution in [0.25, 0.3) is 10.4 Å². The minimum atomic E-state index is -0.536. The van der Waals surface area contributed by atoms with Gasteiger partial charge >= 0.3 is 5.97 Å². The monoisotopic (exact) mass is 267 g/mol. The summed E-state index contributed by atoms with van der Waals surface area (Å²) in [4.78, 5) is 11.8. The lowest BCUT2D eigenvalue weighted by molar-refractivity contribution is 0.0595. The highest BCUT2D eigenvalue weighted by molar-refractivity contribution is 7.09. The first-order chi connectivity index (χ1) is 8.65. The molecule has 1 aromatic carbocycles. The number of nitrogens with zero attached hydrogens (tertiary/aromatic N) is 1. The van der Waals surface area contributed by atoms with Gasteiger partial charge in [-0.25, -0.2) is 9.18 Å². The fourth-order valence-corrected chi connectivity index (χ4v) is 2.18. The zero-order chi connectivity index (χ0) is 13.1. The SMILES string of the molecule is COC(=O)c1cc(-c2ccc(OC)cc2F)sn1. The van der Waals surface area contributed by atoms with E-state index >= 15 is 0 Å². The average molecular weight is 267 g/mol. The largest absolute Gasteiger partial charge is 0.497 e. The Morgan fingerprint density at radius 1 is 1.33 bits per heavy atom. The van der Waals surface area contributed by atoms with Crippen LogP contribution in [0.1, 0.15) is 10.5 Å². The van der Waals surface area contributed by atoms with E-state index in [9.17, 15) is 9.18 Å². The van der Waals surface area contributed by atoms with Crippen molar-refractivity contribution in [2.24, 2.45) is 0 Å². The van der Waals surface area contributed by atoms with E-state index in [0.717, 1.165) is 11.5 Å². The van der Waals surface area contributed by atoms with Gasteiger partial charge in [-0.2, -0.15) is 4.37 Å². The maximum absolute atomic E-state index is 13.8. The number of esters is 1. The summed E-state index contributed by atoms with van der Waals surface area (Å²) in [6, 6.07) is 6.02. The molecule has 0 saturated heterocycles. The van der Waals surface area contributed by atoms with Gasteiger partial charge in [-0.1, -0.05) is 0 Å². The summed E-state index contributed by atoms with van der Waals surface area (Å²) in [6.45, 7) is 0. The molecule has 1 aromatic heterocycles. The van der Waals surface area contributed by atoms with Gasteiger partial charge in [0.05, 0.1) is 19.1 Å². The third-order valence-electron chi connectivity index (χ3n) is 2.35.